The fraction of sp³-hybridized carbons (Fsp3) is 0.462. The fourth-order valence-electron chi connectivity index (χ4n) is 3.80. The molecule has 0 heterocycles. The maximum Gasteiger partial charge on any atom is 0.243 e. The molecule has 2 rings (SSSR count). The summed E-state index contributed by atoms with van der Waals surface area (Å²) in [6.07, 6.45) is 1.83. The van der Waals surface area contributed by atoms with Gasteiger partial charge in [-0.05, 0) is 63.4 Å². The number of nitrogens with zero attached hydrogens (tertiary/aromatic N) is 2. The lowest BCUT2D eigenvalue weighted by Gasteiger charge is -2.31. The minimum Gasteiger partial charge on any atom is -0.352 e. The van der Waals surface area contributed by atoms with E-state index in [2.05, 4.69) is 5.32 Å². The molecule has 9 heteroatoms. The highest BCUT2D eigenvalue weighted by Crippen LogP contribution is 2.20. The molecule has 192 valence electrons. The van der Waals surface area contributed by atoms with Crippen LogP contribution in [-0.2, 0) is 26.2 Å². The minimum atomic E-state index is -3.63. The molecule has 0 bridgehead atoms. The van der Waals surface area contributed by atoms with Crippen molar-refractivity contribution < 1.29 is 22.4 Å². The van der Waals surface area contributed by atoms with E-state index in [-0.39, 0.29) is 43.8 Å². The van der Waals surface area contributed by atoms with Gasteiger partial charge in [-0.1, -0.05) is 36.8 Å². The van der Waals surface area contributed by atoms with Gasteiger partial charge in [-0.3, -0.25) is 13.9 Å². The number of benzene rings is 2. The van der Waals surface area contributed by atoms with Gasteiger partial charge >= 0.3 is 0 Å². The van der Waals surface area contributed by atoms with Crippen LogP contribution in [0, 0.1) is 12.7 Å². The van der Waals surface area contributed by atoms with Gasteiger partial charge in [0.2, 0.25) is 21.8 Å². The molecule has 0 saturated heterocycles. The summed E-state index contributed by atoms with van der Waals surface area (Å²) in [6.45, 7) is 7.91. The summed E-state index contributed by atoms with van der Waals surface area (Å²) in [5.41, 5.74) is 2.34. The van der Waals surface area contributed by atoms with E-state index in [1.54, 1.807) is 4.90 Å². The third kappa shape index (κ3) is 8.65. The Hall–Kier alpha value is -2.94. The molecule has 35 heavy (non-hydrogen) atoms. The highest BCUT2D eigenvalue weighted by molar-refractivity contribution is 7.92. The monoisotopic (exact) mass is 505 g/mol. The van der Waals surface area contributed by atoms with Crippen molar-refractivity contribution in [3.8, 4) is 0 Å². The lowest BCUT2D eigenvalue weighted by atomic mass is 10.1. The first-order valence-electron chi connectivity index (χ1n) is 11.8. The van der Waals surface area contributed by atoms with Gasteiger partial charge in [0.25, 0.3) is 0 Å². The number of nitrogens with one attached hydrogen (secondary N) is 1. The van der Waals surface area contributed by atoms with Gasteiger partial charge in [-0.2, -0.15) is 0 Å². The quantitative estimate of drug-likeness (QED) is 0.472. The van der Waals surface area contributed by atoms with Gasteiger partial charge in [0, 0.05) is 25.6 Å². The molecule has 2 aromatic carbocycles. The number of hydrogen-bond acceptors (Lipinski definition) is 4. The molecule has 2 aromatic rings. The van der Waals surface area contributed by atoms with Crippen LogP contribution in [0.25, 0.3) is 0 Å². The summed E-state index contributed by atoms with van der Waals surface area (Å²) in [5.74, 6) is -0.912. The second-order valence-corrected chi connectivity index (χ2v) is 10.9. The van der Waals surface area contributed by atoms with Crippen LogP contribution < -0.4 is 9.62 Å². The lowest BCUT2D eigenvalue weighted by molar-refractivity contribution is -0.141. The van der Waals surface area contributed by atoms with Crippen molar-refractivity contribution in [3.63, 3.8) is 0 Å². The van der Waals surface area contributed by atoms with Crippen LogP contribution in [0.2, 0.25) is 0 Å². The first kappa shape index (κ1) is 28.3. The van der Waals surface area contributed by atoms with Gasteiger partial charge in [0.1, 0.15) is 11.9 Å². The Bertz CT molecular complexity index is 1090. The number of sulfonamides is 1. The van der Waals surface area contributed by atoms with Crippen LogP contribution in [0.4, 0.5) is 10.1 Å². The van der Waals surface area contributed by atoms with Crippen molar-refractivity contribution in [3.05, 3.63) is 65.5 Å². The van der Waals surface area contributed by atoms with Crippen LogP contribution >= 0.6 is 0 Å². The molecule has 0 aliphatic rings. The average Bonchev–Trinajstić information content (AvgIpc) is 2.77. The summed E-state index contributed by atoms with van der Waals surface area (Å²) in [7, 11) is -3.63. The van der Waals surface area contributed by atoms with Crippen LogP contribution in [0.15, 0.2) is 48.5 Å². The number of amides is 2. The number of aryl methyl sites for hydroxylation is 1. The SMILES string of the molecule is CC[C@H](C(=O)NC(C)C)N(Cc1ccc(C)cc1)C(=O)CCCN(c1ccc(F)cc1)S(C)(=O)=O. The van der Waals surface area contributed by atoms with Gasteiger partial charge < -0.3 is 10.2 Å². The van der Waals surface area contributed by atoms with Gasteiger partial charge in [0.05, 0.1) is 11.9 Å². The maximum atomic E-state index is 13.3. The van der Waals surface area contributed by atoms with Crippen molar-refractivity contribution in [2.75, 3.05) is 17.1 Å². The number of carbonyl (C=O) groups excluding carboxylic acids is 2. The molecule has 0 spiro atoms. The number of rotatable bonds is 12. The second-order valence-electron chi connectivity index (χ2n) is 9.01. The van der Waals surface area contributed by atoms with Crippen LogP contribution in [-0.4, -0.2) is 50.0 Å². The molecular weight excluding hydrogens is 469 g/mol. The van der Waals surface area contributed by atoms with Crippen molar-refractivity contribution in [2.45, 2.75) is 65.6 Å². The number of hydrogen-bond donors (Lipinski definition) is 1. The zero-order valence-corrected chi connectivity index (χ0v) is 21.9. The molecule has 0 fully saturated rings. The maximum absolute atomic E-state index is 13.3. The first-order valence-corrected chi connectivity index (χ1v) is 13.7. The minimum absolute atomic E-state index is 0.0591. The lowest BCUT2D eigenvalue weighted by Crippen LogP contribution is -2.50. The summed E-state index contributed by atoms with van der Waals surface area (Å²) in [6, 6.07) is 12.3. The Morgan fingerprint density at radius 2 is 1.63 bits per heavy atom. The van der Waals surface area contributed by atoms with Crippen molar-refractivity contribution in [2.24, 2.45) is 0 Å². The van der Waals surface area contributed by atoms with Crippen LogP contribution in [0.1, 0.15) is 51.2 Å². The predicted molar refractivity (Wildman–Crippen MR) is 137 cm³/mol. The Kier molecular flexibility index (Phi) is 10.2. The van der Waals surface area contributed by atoms with Crippen molar-refractivity contribution in [1.82, 2.24) is 10.2 Å². The van der Waals surface area contributed by atoms with E-state index in [0.717, 1.165) is 21.7 Å². The fourth-order valence-corrected chi connectivity index (χ4v) is 4.77. The van der Waals surface area contributed by atoms with E-state index < -0.39 is 21.9 Å². The molecule has 1 N–H and O–H groups in total. The number of anilines is 1. The van der Waals surface area contributed by atoms with Crippen molar-refractivity contribution in [1.29, 1.82) is 0 Å². The zero-order chi connectivity index (χ0) is 26.2. The Balaban J connectivity index is 2.20. The number of halogens is 1. The Morgan fingerprint density at radius 1 is 1.03 bits per heavy atom. The Morgan fingerprint density at radius 3 is 2.14 bits per heavy atom. The molecule has 0 aromatic heterocycles. The molecule has 2 amide bonds. The molecule has 0 saturated carbocycles. The smallest absolute Gasteiger partial charge is 0.243 e. The third-order valence-corrected chi connectivity index (χ3v) is 6.75. The summed E-state index contributed by atoms with van der Waals surface area (Å²) in [5, 5.41) is 2.89. The topological polar surface area (TPSA) is 86.8 Å². The number of carbonyl (C=O) groups is 2. The van der Waals surface area contributed by atoms with Gasteiger partial charge in [0.15, 0.2) is 0 Å². The van der Waals surface area contributed by atoms with E-state index in [0.29, 0.717) is 12.1 Å². The average molecular weight is 506 g/mol. The van der Waals surface area contributed by atoms with Crippen molar-refractivity contribution >= 4 is 27.5 Å². The highest BCUT2D eigenvalue weighted by atomic mass is 32.2. The first-order chi connectivity index (χ1) is 16.4. The molecule has 0 aliphatic heterocycles. The van der Waals surface area contributed by atoms with Gasteiger partial charge in [-0.15, -0.1) is 0 Å². The van der Waals surface area contributed by atoms with Crippen LogP contribution in [0.3, 0.4) is 0 Å². The predicted octanol–water partition coefficient (Wildman–Crippen LogP) is 4.01. The van der Waals surface area contributed by atoms with E-state index in [1.807, 2.05) is 52.0 Å². The summed E-state index contributed by atoms with van der Waals surface area (Å²) >= 11 is 0. The largest absolute Gasteiger partial charge is 0.352 e. The van der Waals surface area contributed by atoms with Gasteiger partial charge in [-0.25, -0.2) is 12.8 Å². The summed E-state index contributed by atoms with van der Waals surface area (Å²) < 4.78 is 39.1. The zero-order valence-electron chi connectivity index (χ0n) is 21.1. The summed E-state index contributed by atoms with van der Waals surface area (Å²) in [4.78, 5) is 27.8. The van der Waals surface area contributed by atoms with Crippen LogP contribution in [0.5, 0.6) is 0 Å². The molecule has 1 atom stereocenters. The van der Waals surface area contributed by atoms with E-state index >= 15 is 0 Å². The Labute approximate surface area is 208 Å². The standard InChI is InChI=1S/C26H36FN3O4S/c1-6-24(26(32)28-19(2)3)29(18-21-11-9-20(4)10-12-21)25(31)8-7-17-30(35(5,33)34)23-15-13-22(27)14-16-23/h9-16,19,24H,6-8,17-18H2,1-5H3,(H,28,32)/t24-/m1/s1. The molecular formula is C26H36FN3O4S. The molecule has 0 radical (unpaired) electrons. The molecule has 0 unspecified atom stereocenters. The normalized spacial score (nSPS) is 12.3. The molecule has 7 nitrogen and oxygen atoms in total. The van der Waals surface area contributed by atoms with E-state index in [1.165, 1.54) is 24.3 Å². The highest BCUT2D eigenvalue weighted by Gasteiger charge is 2.29. The third-order valence-electron chi connectivity index (χ3n) is 5.56. The van der Waals surface area contributed by atoms with E-state index in [9.17, 15) is 22.4 Å². The van der Waals surface area contributed by atoms with E-state index in [4.69, 9.17) is 0 Å². The molecule has 0 aliphatic carbocycles. The second kappa shape index (κ2) is 12.7.